The molecular weight excluding hydrogens is 468 g/mol. The molecular formula is C29H30N4O4. The Morgan fingerprint density at radius 1 is 1.05 bits per heavy atom. The van der Waals surface area contributed by atoms with E-state index in [2.05, 4.69) is 4.98 Å². The number of aldehydes is 1. The summed E-state index contributed by atoms with van der Waals surface area (Å²) >= 11 is 0. The number of H-pyrrole nitrogens is 1. The summed E-state index contributed by atoms with van der Waals surface area (Å²) in [6.45, 7) is 2.95. The number of hydrogen-bond acceptors (Lipinski definition) is 6. The first-order chi connectivity index (χ1) is 17.8. The van der Waals surface area contributed by atoms with Gasteiger partial charge in [-0.3, -0.25) is 14.4 Å². The lowest BCUT2D eigenvalue weighted by Crippen LogP contribution is -2.30. The molecule has 4 rings (SSSR count). The zero-order chi connectivity index (χ0) is 26.5. The maximum absolute atomic E-state index is 12.9. The van der Waals surface area contributed by atoms with Crippen molar-refractivity contribution in [1.82, 2.24) is 14.9 Å². The second kappa shape index (κ2) is 11.2. The number of carbonyl (C=O) groups is 2. The molecule has 0 saturated carbocycles. The van der Waals surface area contributed by atoms with Gasteiger partial charge in [0.15, 0.2) is 5.88 Å². The molecule has 4 aromatic rings. The average Bonchev–Trinajstić information content (AvgIpc) is 3.21. The van der Waals surface area contributed by atoms with Crippen molar-refractivity contribution >= 4 is 34.5 Å². The number of amides is 1. The molecule has 8 nitrogen and oxygen atoms in total. The third-order valence-electron chi connectivity index (χ3n) is 6.01. The Morgan fingerprint density at radius 3 is 2.49 bits per heavy atom. The minimum Gasteiger partial charge on any atom is -0.494 e. The van der Waals surface area contributed by atoms with Crippen molar-refractivity contribution < 1.29 is 19.5 Å². The molecule has 0 aliphatic rings. The number of nitrogens with one attached hydrogen (secondary N) is 1. The molecule has 8 heteroatoms. The van der Waals surface area contributed by atoms with Gasteiger partial charge in [-0.2, -0.15) is 0 Å². The van der Waals surface area contributed by atoms with Gasteiger partial charge in [0.05, 0.1) is 23.6 Å². The fraction of sp³-hybridized carbons (Fsp3) is 0.207. The first-order valence-corrected chi connectivity index (χ1v) is 11.9. The average molecular weight is 499 g/mol. The number of aromatic amines is 1. The van der Waals surface area contributed by atoms with Crippen molar-refractivity contribution in [3.63, 3.8) is 0 Å². The van der Waals surface area contributed by atoms with E-state index >= 15 is 0 Å². The normalized spacial score (nSPS) is 11.8. The van der Waals surface area contributed by atoms with Gasteiger partial charge in [-0.15, -0.1) is 0 Å². The first kappa shape index (κ1) is 25.8. The van der Waals surface area contributed by atoms with Gasteiger partial charge in [0.25, 0.3) is 5.91 Å². The lowest BCUT2D eigenvalue weighted by Gasteiger charge is -2.19. The number of aromatic hydroxyl groups is 1. The van der Waals surface area contributed by atoms with Crippen LogP contribution in [0.5, 0.6) is 5.88 Å². The van der Waals surface area contributed by atoms with Crippen molar-refractivity contribution in [3.8, 4) is 5.88 Å². The van der Waals surface area contributed by atoms with Crippen molar-refractivity contribution in [2.75, 3.05) is 34.3 Å². The Morgan fingerprint density at radius 2 is 1.81 bits per heavy atom. The molecule has 0 saturated heterocycles. The second-order valence-electron chi connectivity index (χ2n) is 9.04. The highest BCUT2D eigenvalue weighted by molar-refractivity contribution is 6.22. The van der Waals surface area contributed by atoms with E-state index < -0.39 is 0 Å². The van der Waals surface area contributed by atoms with E-state index in [-0.39, 0.29) is 11.8 Å². The molecule has 3 aromatic carbocycles. The Hall–Kier alpha value is -4.27. The minimum absolute atomic E-state index is 0.0410. The summed E-state index contributed by atoms with van der Waals surface area (Å²) in [5, 5.41) is 12.8. The first-order valence-electron chi connectivity index (χ1n) is 11.9. The highest BCUT2D eigenvalue weighted by atomic mass is 16.7. The number of fused-ring (bicyclic) bond motifs is 1. The number of carbonyl (C=O) groups excluding carboxylic acids is 2. The molecule has 0 aliphatic heterocycles. The number of benzene rings is 3. The summed E-state index contributed by atoms with van der Waals surface area (Å²) in [4.78, 5) is 39.5. The number of hydrogen-bond donors (Lipinski definition) is 2. The van der Waals surface area contributed by atoms with Gasteiger partial charge in [-0.1, -0.05) is 42.5 Å². The Labute approximate surface area is 215 Å². The van der Waals surface area contributed by atoms with Crippen LogP contribution in [0.15, 0.2) is 71.7 Å². The van der Waals surface area contributed by atoms with Crippen LogP contribution in [0.25, 0.3) is 10.9 Å². The Kier molecular flexibility index (Phi) is 7.81. The van der Waals surface area contributed by atoms with Crippen LogP contribution in [-0.2, 0) is 4.84 Å². The maximum Gasteiger partial charge on any atom is 0.277 e. The summed E-state index contributed by atoms with van der Waals surface area (Å²) in [6.07, 6.45) is 0.763. The van der Waals surface area contributed by atoms with E-state index in [0.29, 0.717) is 46.8 Å². The maximum atomic E-state index is 12.9. The molecule has 0 atom stereocenters. The lowest BCUT2D eigenvalue weighted by molar-refractivity contribution is -0.108. The van der Waals surface area contributed by atoms with E-state index in [1.807, 2.05) is 62.3 Å². The van der Waals surface area contributed by atoms with E-state index in [9.17, 15) is 14.7 Å². The molecule has 190 valence electrons. The van der Waals surface area contributed by atoms with Gasteiger partial charge in [0.2, 0.25) is 0 Å². The van der Waals surface area contributed by atoms with E-state index in [0.717, 1.165) is 22.8 Å². The summed E-state index contributed by atoms with van der Waals surface area (Å²) in [5.41, 5.74) is 4.94. The summed E-state index contributed by atoms with van der Waals surface area (Å²) in [5.74, 6) is -0.281. The predicted molar refractivity (Wildman–Crippen MR) is 145 cm³/mol. The second-order valence-corrected chi connectivity index (χ2v) is 9.04. The quantitative estimate of drug-likeness (QED) is 0.198. The van der Waals surface area contributed by atoms with Crippen molar-refractivity contribution in [3.05, 3.63) is 94.5 Å². The fourth-order valence-corrected chi connectivity index (χ4v) is 4.05. The number of aromatic nitrogens is 1. The number of aliphatic imine (C=N–C) groups is 1. The molecule has 1 amide bonds. The van der Waals surface area contributed by atoms with Crippen LogP contribution in [0.1, 0.15) is 37.4 Å². The molecule has 0 bridgehead atoms. The van der Waals surface area contributed by atoms with Crippen molar-refractivity contribution in [2.45, 2.75) is 6.92 Å². The minimum atomic E-state index is -0.240. The van der Waals surface area contributed by atoms with Gasteiger partial charge in [-0.25, -0.2) is 10.1 Å². The lowest BCUT2D eigenvalue weighted by atomic mass is 10.00. The third-order valence-corrected chi connectivity index (χ3v) is 6.01. The molecule has 0 radical (unpaired) electrons. The van der Waals surface area contributed by atoms with Gasteiger partial charge in [0.1, 0.15) is 6.29 Å². The van der Waals surface area contributed by atoms with Gasteiger partial charge >= 0.3 is 0 Å². The molecule has 0 unspecified atom stereocenters. The van der Waals surface area contributed by atoms with E-state index in [1.165, 1.54) is 5.06 Å². The molecule has 1 heterocycles. The molecule has 0 fully saturated rings. The monoisotopic (exact) mass is 498 g/mol. The number of hydroxylamine groups is 2. The highest BCUT2D eigenvalue weighted by Crippen LogP contribution is 2.32. The summed E-state index contributed by atoms with van der Waals surface area (Å²) in [6, 6.07) is 20.1. The van der Waals surface area contributed by atoms with E-state index in [1.54, 1.807) is 37.4 Å². The molecule has 0 spiro atoms. The van der Waals surface area contributed by atoms with Crippen LogP contribution in [0.2, 0.25) is 0 Å². The standard InChI is InChI=1S/C29H30N4O4/c1-19-16-22(11-13-23(19)29(36)33(4)37-15-14-32(2)3)30-27(21-8-6-5-7-9-21)26-24-12-10-20(18-34)17-25(24)31-28(26)35/h5-13,16-18,31,35H,14-15H2,1-4H3. The van der Waals surface area contributed by atoms with Crippen LogP contribution in [0, 0.1) is 6.92 Å². The summed E-state index contributed by atoms with van der Waals surface area (Å²) < 4.78 is 0. The molecule has 37 heavy (non-hydrogen) atoms. The van der Waals surface area contributed by atoms with Gasteiger partial charge in [0, 0.05) is 41.2 Å². The molecule has 0 aliphatic carbocycles. The predicted octanol–water partition coefficient (Wildman–Crippen LogP) is 4.73. The van der Waals surface area contributed by atoms with Crippen molar-refractivity contribution in [1.29, 1.82) is 0 Å². The van der Waals surface area contributed by atoms with Crippen LogP contribution < -0.4 is 0 Å². The smallest absolute Gasteiger partial charge is 0.277 e. The number of rotatable bonds is 9. The van der Waals surface area contributed by atoms with Gasteiger partial charge in [-0.05, 0) is 50.8 Å². The van der Waals surface area contributed by atoms with Gasteiger partial charge < -0.3 is 15.0 Å². The van der Waals surface area contributed by atoms with Crippen LogP contribution >= 0.6 is 0 Å². The SMILES string of the molecule is Cc1cc(N=C(c2ccccc2)c2c(O)[nH]c3cc(C=O)ccc23)ccc1C(=O)N(C)OCCN(C)C. The van der Waals surface area contributed by atoms with Crippen LogP contribution in [-0.4, -0.2) is 72.3 Å². The highest BCUT2D eigenvalue weighted by Gasteiger charge is 2.20. The zero-order valence-corrected chi connectivity index (χ0v) is 21.4. The van der Waals surface area contributed by atoms with Crippen LogP contribution in [0.4, 0.5) is 5.69 Å². The number of likely N-dealkylation sites (N-methyl/N-ethyl adjacent to an activating group) is 1. The Bertz CT molecular complexity index is 1460. The van der Waals surface area contributed by atoms with Crippen LogP contribution in [0.3, 0.4) is 0 Å². The summed E-state index contributed by atoms with van der Waals surface area (Å²) in [7, 11) is 5.49. The molecule has 2 N–H and O–H groups in total. The van der Waals surface area contributed by atoms with Crippen molar-refractivity contribution in [2.24, 2.45) is 4.99 Å². The molecule has 1 aromatic heterocycles. The fourth-order valence-electron chi connectivity index (χ4n) is 4.05. The topological polar surface area (TPSA) is 98.2 Å². The third kappa shape index (κ3) is 5.77. The van der Waals surface area contributed by atoms with E-state index in [4.69, 9.17) is 9.83 Å². The number of aryl methyl sites for hydroxylation is 1. The number of nitrogens with zero attached hydrogens (tertiary/aromatic N) is 3. The Balaban J connectivity index is 1.73. The zero-order valence-electron chi connectivity index (χ0n) is 21.4. The largest absolute Gasteiger partial charge is 0.494 e.